The molecule has 27 heavy (non-hydrogen) atoms. The Bertz CT molecular complexity index is 655. The van der Waals surface area contributed by atoms with Crippen LogP contribution >= 0.6 is 15.2 Å². The van der Waals surface area contributed by atoms with E-state index in [4.69, 9.17) is 22.8 Å². The molecule has 0 amide bonds. The minimum Gasteiger partial charge on any atom is -0.466 e. The van der Waals surface area contributed by atoms with E-state index < -0.39 is 26.9 Å². The summed E-state index contributed by atoms with van der Waals surface area (Å²) in [6.07, 6.45) is 2.83. The van der Waals surface area contributed by atoms with E-state index in [1.165, 1.54) is 31.2 Å². The highest BCUT2D eigenvalue weighted by molar-refractivity contribution is 7.58. The third-order valence-electron chi connectivity index (χ3n) is 3.64. The molecule has 0 N–H and O–H groups in total. The Kier molecular flexibility index (Phi) is 9.42. The van der Waals surface area contributed by atoms with Crippen LogP contribution in [-0.4, -0.2) is 57.2 Å². The molecular formula is C16H29NO8P2. The van der Waals surface area contributed by atoms with Gasteiger partial charge in [-0.05, 0) is 39.8 Å². The molecule has 1 aliphatic rings. The Labute approximate surface area is 160 Å². The molecule has 0 saturated heterocycles. The van der Waals surface area contributed by atoms with Crippen molar-refractivity contribution < 1.29 is 36.8 Å². The van der Waals surface area contributed by atoms with Crippen molar-refractivity contribution in [2.45, 2.75) is 33.5 Å². The van der Waals surface area contributed by atoms with Gasteiger partial charge in [-0.15, -0.1) is 0 Å². The Morgan fingerprint density at radius 3 is 1.85 bits per heavy atom. The number of carbonyl (C=O) groups excluding carboxylic acids is 1. The highest BCUT2D eigenvalue weighted by Gasteiger charge is 2.49. The van der Waals surface area contributed by atoms with Gasteiger partial charge in [-0.25, -0.2) is 4.79 Å². The summed E-state index contributed by atoms with van der Waals surface area (Å²) in [5, 5.41) is 0. The summed E-state index contributed by atoms with van der Waals surface area (Å²) >= 11 is 0. The number of nitrogens with zero attached hydrogens (tertiary/aromatic N) is 1. The zero-order valence-electron chi connectivity index (χ0n) is 16.7. The van der Waals surface area contributed by atoms with Crippen molar-refractivity contribution in [2.75, 3.05) is 40.6 Å². The maximum Gasteiger partial charge on any atom is 0.377 e. The Morgan fingerprint density at radius 2 is 1.44 bits per heavy atom. The Morgan fingerprint density at radius 1 is 0.963 bits per heavy atom. The number of hydrogen-bond acceptors (Lipinski definition) is 9. The highest BCUT2D eigenvalue weighted by Crippen LogP contribution is 2.64. The second-order valence-corrected chi connectivity index (χ2v) is 9.39. The van der Waals surface area contributed by atoms with Gasteiger partial charge >= 0.3 is 21.2 Å². The van der Waals surface area contributed by atoms with E-state index >= 15 is 0 Å². The number of carbonyl (C=O) groups is 1. The normalized spacial score (nSPS) is 18.1. The first kappa shape index (κ1) is 24.1. The lowest BCUT2D eigenvalue weighted by atomic mass is 10.2. The van der Waals surface area contributed by atoms with Gasteiger partial charge in [0.15, 0.2) is 5.78 Å². The van der Waals surface area contributed by atoms with Crippen molar-refractivity contribution in [3.63, 3.8) is 0 Å². The molecule has 0 spiro atoms. The van der Waals surface area contributed by atoms with Crippen LogP contribution in [0, 0.1) is 0 Å². The second-order valence-electron chi connectivity index (χ2n) is 5.33. The first-order valence-electron chi connectivity index (χ1n) is 8.76. The summed E-state index contributed by atoms with van der Waals surface area (Å²) in [5.74, 6) is -1.84. The number of hydrogen-bond donors (Lipinski definition) is 0. The minimum atomic E-state index is -3.84. The molecule has 156 valence electrons. The molecule has 11 heteroatoms. The fraction of sp³-hybridized carbons (Fsp3) is 0.688. The third-order valence-corrected chi connectivity index (χ3v) is 8.32. The molecule has 0 bridgehead atoms. The Hall–Kier alpha value is -0.950. The average Bonchev–Trinajstić information content (AvgIpc) is 2.61. The number of rotatable bonds is 11. The summed E-state index contributed by atoms with van der Waals surface area (Å²) in [6, 6.07) is 0. The van der Waals surface area contributed by atoms with Crippen LogP contribution in [0.1, 0.15) is 27.7 Å². The number of esters is 1. The van der Waals surface area contributed by atoms with Crippen molar-refractivity contribution in [3.8, 4) is 0 Å². The fourth-order valence-corrected chi connectivity index (χ4v) is 6.73. The lowest BCUT2D eigenvalue weighted by Crippen LogP contribution is -2.39. The molecule has 0 aliphatic carbocycles. The van der Waals surface area contributed by atoms with E-state index in [-0.39, 0.29) is 37.4 Å². The summed E-state index contributed by atoms with van der Waals surface area (Å²) in [7, 11) is -4.79. The lowest BCUT2D eigenvalue weighted by molar-refractivity contribution is -0.136. The standard InChI is InChI=1S/C16H29NO8P2/c1-7-22-26(19,23-8-2)14-12-11-13(16(18)21-6)15(17(14)5)27(20,24-9-3)25-10-4/h11-12,15H,7-10H2,1-6H3. The Balaban J connectivity index is 3.55. The minimum absolute atomic E-state index is 0.0635. The molecule has 1 rings (SSSR count). The molecule has 1 heterocycles. The first-order valence-corrected chi connectivity index (χ1v) is 11.9. The topological polar surface area (TPSA) is 101 Å². The maximum absolute atomic E-state index is 13.5. The molecule has 0 aromatic rings. The van der Waals surface area contributed by atoms with Gasteiger partial charge in [-0.2, -0.15) is 0 Å². The van der Waals surface area contributed by atoms with Crippen molar-refractivity contribution in [1.29, 1.82) is 0 Å². The molecule has 0 aromatic carbocycles. The van der Waals surface area contributed by atoms with Crippen LogP contribution in [0.25, 0.3) is 0 Å². The van der Waals surface area contributed by atoms with Gasteiger partial charge < -0.3 is 27.7 Å². The number of methoxy groups -OCH3 is 1. The van der Waals surface area contributed by atoms with E-state index in [0.29, 0.717) is 0 Å². The van der Waals surface area contributed by atoms with E-state index in [1.807, 2.05) is 0 Å². The maximum atomic E-state index is 13.5. The highest BCUT2D eigenvalue weighted by atomic mass is 31.2. The number of allylic oxidation sites excluding steroid dienone is 2. The van der Waals surface area contributed by atoms with Crippen LogP contribution in [0.4, 0.5) is 0 Å². The van der Waals surface area contributed by atoms with Crippen molar-refractivity contribution in [3.05, 3.63) is 23.2 Å². The van der Waals surface area contributed by atoms with Crippen molar-refractivity contribution in [1.82, 2.24) is 4.90 Å². The van der Waals surface area contributed by atoms with Crippen LogP contribution in [0.2, 0.25) is 0 Å². The molecular weight excluding hydrogens is 396 g/mol. The molecule has 0 aromatic heterocycles. The predicted molar refractivity (Wildman–Crippen MR) is 101 cm³/mol. The van der Waals surface area contributed by atoms with Crippen molar-refractivity contribution >= 4 is 21.2 Å². The van der Waals surface area contributed by atoms with Gasteiger partial charge in [-0.3, -0.25) is 9.13 Å². The quantitative estimate of drug-likeness (QED) is 0.362. The molecule has 1 aliphatic heterocycles. The molecule has 9 nitrogen and oxygen atoms in total. The molecule has 0 saturated carbocycles. The van der Waals surface area contributed by atoms with Crippen LogP contribution in [0.5, 0.6) is 0 Å². The van der Waals surface area contributed by atoms with Gasteiger partial charge in [-0.1, -0.05) is 0 Å². The van der Waals surface area contributed by atoms with Gasteiger partial charge in [0.1, 0.15) is 5.44 Å². The molecule has 1 atom stereocenters. The van der Waals surface area contributed by atoms with Crippen LogP contribution in [0.15, 0.2) is 23.2 Å². The van der Waals surface area contributed by atoms with E-state index in [0.717, 1.165) is 0 Å². The van der Waals surface area contributed by atoms with E-state index in [9.17, 15) is 13.9 Å². The largest absolute Gasteiger partial charge is 0.466 e. The summed E-state index contributed by atoms with van der Waals surface area (Å²) in [5.41, 5.74) is 0.219. The zero-order chi connectivity index (χ0) is 20.7. The van der Waals surface area contributed by atoms with Gasteiger partial charge in [0.2, 0.25) is 0 Å². The van der Waals surface area contributed by atoms with Crippen LogP contribution in [-0.2, 0) is 36.8 Å². The monoisotopic (exact) mass is 425 g/mol. The predicted octanol–water partition coefficient (Wildman–Crippen LogP) is 3.73. The summed E-state index contributed by atoms with van der Waals surface area (Å²) in [4.78, 5) is 13.7. The smallest absolute Gasteiger partial charge is 0.377 e. The first-order chi connectivity index (χ1) is 12.7. The van der Waals surface area contributed by atoms with Gasteiger partial charge in [0, 0.05) is 7.05 Å². The van der Waals surface area contributed by atoms with Gasteiger partial charge in [0.25, 0.3) is 0 Å². The van der Waals surface area contributed by atoms with Crippen LogP contribution < -0.4 is 0 Å². The zero-order valence-corrected chi connectivity index (χ0v) is 18.5. The SMILES string of the molecule is CCOP(=O)(OCC)C1=CC=C(C(=O)OC)C(P(=O)(OCC)OCC)N1C. The summed E-state index contributed by atoms with van der Waals surface area (Å²) < 4.78 is 53.2. The lowest BCUT2D eigenvalue weighted by Gasteiger charge is -2.39. The number of ether oxygens (including phenoxy) is 1. The van der Waals surface area contributed by atoms with E-state index in [1.54, 1.807) is 27.7 Å². The molecule has 0 fully saturated rings. The third kappa shape index (κ3) is 5.31. The number of likely N-dealkylation sites (N-methyl/N-ethyl adjacent to an activating group) is 1. The van der Waals surface area contributed by atoms with E-state index in [2.05, 4.69) is 0 Å². The molecule has 1 unspecified atom stereocenters. The second kappa shape index (κ2) is 10.6. The molecule has 0 radical (unpaired) electrons. The van der Waals surface area contributed by atoms with Crippen LogP contribution in [0.3, 0.4) is 0 Å². The summed E-state index contributed by atoms with van der Waals surface area (Å²) in [6.45, 7) is 7.20. The van der Waals surface area contributed by atoms with Gasteiger partial charge in [0.05, 0.1) is 39.1 Å². The van der Waals surface area contributed by atoms with Crippen molar-refractivity contribution in [2.24, 2.45) is 0 Å². The average molecular weight is 425 g/mol. The fourth-order valence-electron chi connectivity index (χ4n) is 2.71.